The molecule has 1 aromatic carbocycles. The van der Waals surface area contributed by atoms with Crippen LogP contribution in [-0.2, 0) is 0 Å². The first-order valence-corrected chi connectivity index (χ1v) is 7.49. The van der Waals surface area contributed by atoms with Crippen LogP contribution >= 0.6 is 12.4 Å². The smallest absolute Gasteiger partial charge is 0.230 e. The molecule has 1 spiro atoms. The summed E-state index contributed by atoms with van der Waals surface area (Å²) in [6.45, 7) is 2.21. The van der Waals surface area contributed by atoms with Crippen molar-refractivity contribution >= 4 is 12.4 Å². The Morgan fingerprint density at radius 3 is 2.91 bits per heavy atom. The summed E-state index contributed by atoms with van der Waals surface area (Å²) in [6, 6.07) is 7.76. The number of ether oxygens (including phenoxy) is 1. The third-order valence-corrected chi connectivity index (χ3v) is 4.86. The number of halogens is 1. The SMILES string of the molecule is COc1cccc(-c2noc(C3CC34CCNCC4)n2)c1.Cl. The van der Waals surface area contributed by atoms with Crippen LogP contribution in [-0.4, -0.2) is 30.3 Å². The van der Waals surface area contributed by atoms with Gasteiger partial charge in [-0.2, -0.15) is 4.98 Å². The highest BCUT2D eigenvalue weighted by molar-refractivity contribution is 5.85. The molecular formula is C16H20ClN3O2. The number of hydrogen-bond acceptors (Lipinski definition) is 5. The van der Waals surface area contributed by atoms with E-state index in [4.69, 9.17) is 9.26 Å². The minimum absolute atomic E-state index is 0. The largest absolute Gasteiger partial charge is 0.497 e. The molecule has 5 nitrogen and oxygen atoms in total. The molecule has 0 bridgehead atoms. The summed E-state index contributed by atoms with van der Waals surface area (Å²) in [5.41, 5.74) is 1.35. The maximum Gasteiger partial charge on any atom is 0.230 e. The van der Waals surface area contributed by atoms with Crippen LogP contribution in [0.1, 0.15) is 31.1 Å². The molecule has 1 N–H and O–H groups in total. The minimum Gasteiger partial charge on any atom is -0.497 e. The highest BCUT2D eigenvalue weighted by Gasteiger charge is 2.57. The van der Waals surface area contributed by atoms with Crippen LogP contribution in [0.15, 0.2) is 28.8 Å². The zero-order valence-electron chi connectivity index (χ0n) is 12.5. The van der Waals surface area contributed by atoms with E-state index in [1.165, 1.54) is 19.3 Å². The lowest BCUT2D eigenvalue weighted by Gasteiger charge is -2.22. The van der Waals surface area contributed by atoms with E-state index in [9.17, 15) is 0 Å². The summed E-state index contributed by atoms with van der Waals surface area (Å²) >= 11 is 0. The molecule has 2 fully saturated rings. The molecular weight excluding hydrogens is 302 g/mol. The van der Waals surface area contributed by atoms with Crippen molar-refractivity contribution in [2.45, 2.75) is 25.2 Å². The molecule has 6 heteroatoms. The highest BCUT2D eigenvalue weighted by atomic mass is 35.5. The van der Waals surface area contributed by atoms with Gasteiger partial charge < -0.3 is 14.6 Å². The van der Waals surface area contributed by atoms with Gasteiger partial charge in [0.2, 0.25) is 11.7 Å². The van der Waals surface area contributed by atoms with Crippen LogP contribution in [0.2, 0.25) is 0 Å². The van der Waals surface area contributed by atoms with Crippen molar-refractivity contribution in [1.29, 1.82) is 0 Å². The quantitative estimate of drug-likeness (QED) is 0.941. The van der Waals surface area contributed by atoms with Crippen molar-refractivity contribution in [3.8, 4) is 17.1 Å². The van der Waals surface area contributed by atoms with Gasteiger partial charge in [-0.05, 0) is 49.9 Å². The Hall–Kier alpha value is -1.59. The molecule has 1 unspecified atom stereocenters. The molecule has 4 rings (SSSR count). The molecule has 1 saturated carbocycles. The molecule has 2 heterocycles. The fourth-order valence-electron chi connectivity index (χ4n) is 3.43. The van der Waals surface area contributed by atoms with Crippen LogP contribution in [0.25, 0.3) is 11.4 Å². The topological polar surface area (TPSA) is 60.2 Å². The molecule has 118 valence electrons. The first kappa shape index (κ1) is 15.3. The van der Waals surface area contributed by atoms with E-state index < -0.39 is 0 Å². The fourth-order valence-corrected chi connectivity index (χ4v) is 3.43. The average molecular weight is 322 g/mol. The van der Waals surface area contributed by atoms with Gasteiger partial charge in [-0.15, -0.1) is 12.4 Å². The Bertz CT molecular complexity index is 652. The monoisotopic (exact) mass is 321 g/mol. The van der Waals surface area contributed by atoms with E-state index in [-0.39, 0.29) is 12.4 Å². The van der Waals surface area contributed by atoms with Crippen LogP contribution < -0.4 is 10.1 Å². The van der Waals surface area contributed by atoms with Gasteiger partial charge in [-0.3, -0.25) is 0 Å². The number of piperidine rings is 1. The van der Waals surface area contributed by atoms with Crippen molar-refractivity contribution in [3.05, 3.63) is 30.2 Å². The van der Waals surface area contributed by atoms with E-state index in [1.807, 2.05) is 24.3 Å². The van der Waals surface area contributed by atoms with E-state index in [1.54, 1.807) is 7.11 Å². The highest BCUT2D eigenvalue weighted by Crippen LogP contribution is 2.63. The molecule has 1 aliphatic heterocycles. The second kappa shape index (κ2) is 5.89. The molecule has 1 aromatic heterocycles. The lowest BCUT2D eigenvalue weighted by Crippen LogP contribution is -2.29. The van der Waals surface area contributed by atoms with Crippen LogP contribution in [0.5, 0.6) is 5.75 Å². The molecule has 1 saturated heterocycles. The number of methoxy groups -OCH3 is 1. The van der Waals surface area contributed by atoms with Crippen LogP contribution in [0.4, 0.5) is 0 Å². The molecule has 2 aliphatic rings. The second-order valence-electron chi connectivity index (χ2n) is 6.06. The lowest BCUT2D eigenvalue weighted by molar-refractivity contribution is 0.311. The molecule has 1 atom stereocenters. The van der Waals surface area contributed by atoms with E-state index in [0.717, 1.165) is 30.3 Å². The van der Waals surface area contributed by atoms with Gasteiger partial charge in [-0.1, -0.05) is 17.3 Å². The normalized spacial score (nSPS) is 22.1. The fraction of sp³-hybridized carbons (Fsp3) is 0.500. The minimum atomic E-state index is 0. The number of aromatic nitrogens is 2. The van der Waals surface area contributed by atoms with Crippen LogP contribution in [0, 0.1) is 5.41 Å². The summed E-state index contributed by atoms with van der Waals surface area (Å²) in [4.78, 5) is 4.61. The summed E-state index contributed by atoms with van der Waals surface area (Å²) in [5, 5.41) is 7.56. The Kier molecular flexibility index (Phi) is 4.10. The van der Waals surface area contributed by atoms with Crippen molar-refractivity contribution < 1.29 is 9.26 Å². The zero-order valence-corrected chi connectivity index (χ0v) is 13.4. The Balaban J connectivity index is 0.00000144. The Morgan fingerprint density at radius 1 is 1.32 bits per heavy atom. The Morgan fingerprint density at radius 2 is 2.14 bits per heavy atom. The summed E-state index contributed by atoms with van der Waals surface area (Å²) in [6.07, 6.45) is 3.62. The predicted octanol–water partition coefficient (Wildman–Crippen LogP) is 3.02. The zero-order chi connectivity index (χ0) is 14.3. The molecule has 0 amide bonds. The number of nitrogens with zero attached hydrogens (tertiary/aromatic N) is 2. The number of nitrogens with one attached hydrogen (secondary N) is 1. The predicted molar refractivity (Wildman–Crippen MR) is 85.4 cm³/mol. The van der Waals surface area contributed by atoms with Crippen molar-refractivity contribution in [2.24, 2.45) is 5.41 Å². The third kappa shape index (κ3) is 2.59. The number of rotatable bonds is 3. The lowest BCUT2D eigenvalue weighted by atomic mass is 9.92. The summed E-state index contributed by atoms with van der Waals surface area (Å²) < 4.78 is 10.8. The maximum absolute atomic E-state index is 5.52. The van der Waals surface area contributed by atoms with Crippen LogP contribution in [0.3, 0.4) is 0 Å². The molecule has 1 aliphatic carbocycles. The van der Waals surface area contributed by atoms with E-state index in [0.29, 0.717) is 17.2 Å². The van der Waals surface area contributed by atoms with Crippen molar-refractivity contribution in [3.63, 3.8) is 0 Å². The van der Waals surface area contributed by atoms with Gasteiger partial charge >= 0.3 is 0 Å². The van der Waals surface area contributed by atoms with Gasteiger partial charge in [0.1, 0.15) is 5.75 Å². The molecule has 22 heavy (non-hydrogen) atoms. The number of hydrogen-bond donors (Lipinski definition) is 1. The van der Waals surface area contributed by atoms with Crippen molar-refractivity contribution in [1.82, 2.24) is 15.5 Å². The second-order valence-corrected chi connectivity index (χ2v) is 6.06. The summed E-state index contributed by atoms with van der Waals surface area (Å²) in [5.74, 6) is 2.71. The summed E-state index contributed by atoms with van der Waals surface area (Å²) in [7, 11) is 1.66. The maximum atomic E-state index is 5.52. The number of benzene rings is 1. The van der Waals surface area contributed by atoms with Gasteiger partial charge in [0.05, 0.1) is 7.11 Å². The van der Waals surface area contributed by atoms with E-state index in [2.05, 4.69) is 15.5 Å². The van der Waals surface area contributed by atoms with Gasteiger partial charge in [0.15, 0.2) is 0 Å². The first-order chi connectivity index (χ1) is 10.3. The van der Waals surface area contributed by atoms with Gasteiger partial charge in [0, 0.05) is 11.5 Å². The van der Waals surface area contributed by atoms with E-state index >= 15 is 0 Å². The third-order valence-electron chi connectivity index (χ3n) is 4.86. The molecule has 2 aromatic rings. The molecule has 0 radical (unpaired) electrons. The standard InChI is InChI=1S/C16H19N3O2.ClH/c1-20-12-4-2-3-11(9-12)14-18-15(21-19-14)13-10-16(13)5-7-17-8-6-16;/h2-4,9,13,17H,5-8,10H2,1H3;1H. The van der Waals surface area contributed by atoms with Crippen molar-refractivity contribution in [2.75, 3.05) is 20.2 Å². The van der Waals surface area contributed by atoms with Gasteiger partial charge in [-0.25, -0.2) is 0 Å². The van der Waals surface area contributed by atoms with Gasteiger partial charge in [0.25, 0.3) is 0 Å². The Labute approximate surface area is 135 Å². The average Bonchev–Trinajstić information content (AvgIpc) is 3.01. The first-order valence-electron chi connectivity index (χ1n) is 7.49.